The minimum atomic E-state index is -4.00. The molecule has 7 nitrogen and oxygen atoms in total. The van der Waals surface area contributed by atoms with Crippen molar-refractivity contribution in [1.29, 1.82) is 0 Å². The van der Waals surface area contributed by atoms with Gasteiger partial charge in [-0.25, -0.2) is 27.0 Å². The van der Waals surface area contributed by atoms with Gasteiger partial charge in [0.15, 0.2) is 0 Å². The van der Waals surface area contributed by atoms with E-state index in [1.54, 1.807) is 18.2 Å². The number of nitrogens with one attached hydrogen (secondary N) is 1. The Balaban J connectivity index is 1.93. The minimum absolute atomic E-state index is 0.195. The van der Waals surface area contributed by atoms with E-state index in [1.165, 1.54) is 29.5 Å². The molecule has 3 aromatic rings. The zero-order valence-corrected chi connectivity index (χ0v) is 16.0. The first-order valence-corrected chi connectivity index (χ1v) is 11.2. The van der Waals surface area contributed by atoms with E-state index in [9.17, 15) is 16.8 Å². The summed E-state index contributed by atoms with van der Waals surface area (Å²) >= 11 is 1.50. The smallest absolute Gasteiger partial charge is 0.261 e. The fourth-order valence-electron chi connectivity index (χ4n) is 2.27. The quantitative estimate of drug-likeness (QED) is 0.671. The first-order chi connectivity index (χ1) is 12.1. The average Bonchev–Trinajstić information content (AvgIpc) is 3.01. The highest BCUT2D eigenvalue weighted by Crippen LogP contribution is 2.26. The van der Waals surface area contributed by atoms with E-state index in [2.05, 4.69) is 9.71 Å². The van der Waals surface area contributed by atoms with Crippen LogP contribution in [0, 0.1) is 6.92 Å². The predicted molar refractivity (Wildman–Crippen MR) is 101 cm³/mol. The van der Waals surface area contributed by atoms with E-state index < -0.39 is 20.0 Å². The van der Waals surface area contributed by atoms with Gasteiger partial charge in [-0.05, 0) is 37.3 Å². The molecule has 136 valence electrons. The summed E-state index contributed by atoms with van der Waals surface area (Å²) in [5, 5.41) is 7.85. The van der Waals surface area contributed by atoms with Crippen LogP contribution in [0.5, 0.6) is 0 Å². The summed E-state index contributed by atoms with van der Waals surface area (Å²) in [4.78, 5) is 3.91. The molecule has 3 N–H and O–H groups in total. The lowest BCUT2D eigenvalue weighted by atomic mass is 10.1. The summed E-state index contributed by atoms with van der Waals surface area (Å²) in [7, 11) is -7.98. The number of aryl methyl sites for hydroxylation is 1. The Labute approximate surface area is 155 Å². The van der Waals surface area contributed by atoms with Crippen molar-refractivity contribution >= 4 is 37.1 Å². The Morgan fingerprint density at radius 3 is 2.35 bits per heavy atom. The van der Waals surface area contributed by atoms with Gasteiger partial charge < -0.3 is 0 Å². The van der Waals surface area contributed by atoms with Crippen LogP contribution in [0.3, 0.4) is 0 Å². The van der Waals surface area contributed by atoms with E-state index in [-0.39, 0.29) is 9.79 Å². The van der Waals surface area contributed by atoms with Gasteiger partial charge in [0.1, 0.15) is 0 Å². The summed E-state index contributed by atoms with van der Waals surface area (Å²) in [6, 6.07) is 11.7. The number of nitrogens with zero attached hydrogens (tertiary/aromatic N) is 1. The van der Waals surface area contributed by atoms with Gasteiger partial charge >= 0.3 is 0 Å². The second-order valence-corrected chi connectivity index (χ2v) is 9.76. The highest BCUT2D eigenvalue weighted by atomic mass is 32.2. The van der Waals surface area contributed by atoms with Crippen LogP contribution in [-0.4, -0.2) is 21.8 Å². The first-order valence-electron chi connectivity index (χ1n) is 7.33. The van der Waals surface area contributed by atoms with Crippen LogP contribution in [-0.2, 0) is 20.0 Å². The molecular formula is C16H15N3O4S3. The molecule has 0 spiro atoms. The Morgan fingerprint density at radius 1 is 1.00 bits per heavy atom. The number of rotatable bonds is 5. The second-order valence-electron chi connectivity index (χ2n) is 5.46. The van der Waals surface area contributed by atoms with E-state index in [0.29, 0.717) is 5.69 Å². The Bertz CT molecular complexity index is 1170. The third-order valence-electron chi connectivity index (χ3n) is 3.47. The molecule has 10 heteroatoms. The molecule has 1 heterocycles. The Kier molecular flexibility index (Phi) is 4.84. The lowest BCUT2D eigenvalue weighted by Crippen LogP contribution is -2.16. The fourth-order valence-corrected chi connectivity index (χ4v) is 4.62. The molecule has 0 bridgehead atoms. The standard InChI is InChI=1S/C16H15N3O4S3/c1-11-18-16(10-24-11)12-4-2-5-13(8-12)19-26(22,23)15-7-3-6-14(9-15)25(17,20)21/h2-10,19H,1H3,(H2,17,20,21). The van der Waals surface area contributed by atoms with E-state index in [4.69, 9.17) is 5.14 Å². The zero-order chi connectivity index (χ0) is 18.9. The van der Waals surface area contributed by atoms with Crippen LogP contribution < -0.4 is 9.86 Å². The number of aromatic nitrogens is 1. The molecule has 3 rings (SSSR count). The lowest BCUT2D eigenvalue weighted by molar-refractivity contribution is 0.597. The molecule has 0 radical (unpaired) electrons. The number of hydrogen-bond acceptors (Lipinski definition) is 6. The Hall–Kier alpha value is -2.27. The van der Waals surface area contributed by atoms with Crippen molar-refractivity contribution in [1.82, 2.24) is 4.98 Å². The molecule has 26 heavy (non-hydrogen) atoms. The van der Waals surface area contributed by atoms with Gasteiger partial charge in [0.05, 0.1) is 20.5 Å². The molecule has 0 aliphatic carbocycles. The number of anilines is 1. The number of sulfonamides is 2. The molecule has 0 amide bonds. The minimum Gasteiger partial charge on any atom is -0.280 e. The average molecular weight is 410 g/mol. The maximum absolute atomic E-state index is 12.6. The third kappa shape index (κ3) is 4.10. The monoisotopic (exact) mass is 409 g/mol. The largest absolute Gasteiger partial charge is 0.280 e. The molecule has 0 atom stereocenters. The van der Waals surface area contributed by atoms with Gasteiger partial charge in [-0.2, -0.15) is 0 Å². The summed E-state index contributed by atoms with van der Waals surface area (Å²) in [5.74, 6) is 0. The van der Waals surface area contributed by atoms with Crippen LogP contribution in [0.1, 0.15) is 5.01 Å². The molecule has 1 aromatic heterocycles. The molecule has 0 aliphatic heterocycles. The van der Waals surface area contributed by atoms with Gasteiger partial charge in [0, 0.05) is 16.6 Å². The van der Waals surface area contributed by atoms with E-state index >= 15 is 0 Å². The third-order valence-corrected chi connectivity index (χ3v) is 6.54. The second kappa shape index (κ2) is 6.80. The fraction of sp³-hybridized carbons (Fsp3) is 0.0625. The van der Waals surface area contributed by atoms with Crippen LogP contribution in [0.15, 0.2) is 63.7 Å². The van der Waals surface area contributed by atoms with Crippen molar-refractivity contribution in [3.63, 3.8) is 0 Å². The number of nitrogens with two attached hydrogens (primary N) is 1. The van der Waals surface area contributed by atoms with Crippen molar-refractivity contribution in [3.8, 4) is 11.3 Å². The summed E-state index contributed by atoms with van der Waals surface area (Å²) < 4.78 is 50.4. The molecule has 2 aromatic carbocycles. The maximum Gasteiger partial charge on any atom is 0.261 e. The zero-order valence-electron chi connectivity index (χ0n) is 13.6. The van der Waals surface area contributed by atoms with Crippen molar-refractivity contribution < 1.29 is 16.8 Å². The number of primary sulfonamides is 1. The maximum atomic E-state index is 12.6. The van der Waals surface area contributed by atoms with Crippen LogP contribution >= 0.6 is 11.3 Å². The van der Waals surface area contributed by atoms with E-state index in [1.807, 2.05) is 18.4 Å². The molecule has 0 saturated heterocycles. The molecule has 0 saturated carbocycles. The van der Waals surface area contributed by atoms with Gasteiger partial charge in [0.25, 0.3) is 10.0 Å². The van der Waals surface area contributed by atoms with Crippen LogP contribution in [0.4, 0.5) is 5.69 Å². The highest BCUT2D eigenvalue weighted by molar-refractivity contribution is 7.93. The molecule has 0 unspecified atom stereocenters. The SMILES string of the molecule is Cc1nc(-c2cccc(NS(=O)(=O)c3cccc(S(N)(=O)=O)c3)c2)cs1. The molecule has 0 fully saturated rings. The highest BCUT2D eigenvalue weighted by Gasteiger charge is 2.18. The number of hydrogen-bond donors (Lipinski definition) is 2. The number of thiazole rings is 1. The Morgan fingerprint density at radius 2 is 1.69 bits per heavy atom. The molecular weight excluding hydrogens is 394 g/mol. The summed E-state index contributed by atoms with van der Waals surface area (Å²) in [5.41, 5.74) is 1.87. The van der Waals surface area contributed by atoms with Crippen LogP contribution in [0.25, 0.3) is 11.3 Å². The van der Waals surface area contributed by atoms with Gasteiger partial charge in [-0.1, -0.05) is 18.2 Å². The van der Waals surface area contributed by atoms with E-state index in [0.717, 1.165) is 22.3 Å². The lowest BCUT2D eigenvalue weighted by Gasteiger charge is -2.10. The topological polar surface area (TPSA) is 119 Å². The number of benzene rings is 2. The predicted octanol–water partition coefficient (Wildman–Crippen LogP) is 2.57. The van der Waals surface area contributed by atoms with Gasteiger partial charge in [-0.15, -0.1) is 11.3 Å². The summed E-state index contributed by atoms with van der Waals surface area (Å²) in [6.07, 6.45) is 0. The first kappa shape index (κ1) is 18.5. The molecule has 0 aliphatic rings. The van der Waals surface area contributed by atoms with Crippen molar-refractivity contribution in [2.24, 2.45) is 5.14 Å². The normalized spacial score (nSPS) is 12.1. The van der Waals surface area contributed by atoms with Gasteiger partial charge in [0.2, 0.25) is 10.0 Å². The van der Waals surface area contributed by atoms with Crippen LogP contribution in [0.2, 0.25) is 0 Å². The van der Waals surface area contributed by atoms with Crippen molar-refractivity contribution in [3.05, 3.63) is 58.9 Å². The van der Waals surface area contributed by atoms with Crippen molar-refractivity contribution in [2.75, 3.05) is 4.72 Å². The van der Waals surface area contributed by atoms with Gasteiger partial charge in [-0.3, -0.25) is 4.72 Å². The summed E-state index contributed by atoms with van der Waals surface area (Å²) in [6.45, 7) is 1.89. The van der Waals surface area contributed by atoms with Crippen molar-refractivity contribution in [2.45, 2.75) is 16.7 Å².